The van der Waals surface area contributed by atoms with E-state index in [1.807, 2.05) is 26.8 Å². The molecule has 3 rings (SSSR count). The highest BCUT2D eigenvalue weighted by molar-refractivity contribution is 7.13. The number of aromatic nitrogens is 1. The molecule has 3 aromatic rings. The summed E-state index contributed by atoms with van der Waals surface area (Å²) in [6, 6.07) is 6.81. The molecule has 1 N–H and O–H groups in total. The fourth-order valence-corrected chi connectivity index (χ4v) is 3.50. The van der Waals surface area contributed by atoms with Crippen molar-refractivity contribution < 1.29 is 23.8 Å². The third-order valence-corrected chi connectivity index (χ3v) is 5.20. The number of carbonyl (C=O) groups is 2. The van der Waals surface area contributed by atoms with Gasteiger partial charge in [-0.15, -0.1) is 11.3 Å². The third-order valence-electron chi connectivity index (χ3n) is 4.45. The number of hydrogen-bond acceptors (Lipinski definition) is 8. The quantitative estimate of drug-likeness (QED) is 0.218. The molecule has 32 heavy (non-hydrogen) atoms. The molecule has 7 nitrogen and oxygen atoms in total. The Morgan fingerprint density at radius 2 is 2.09 bits per heavy atom. The fourth-order valence-electron chi connectivity index (χ4n) is 2.87. The molecule has 0 bridgehead atoms. The van der Waals surface area contributed by atoms with Crippen molar-refractivity contribution in [3.63, 3.8) is 0 Å². The van der Waals surface area contributed by atoms with Crippen molar-refractivity contribution in [2.24, 2.45) is 4.99 Å². The number of carbonyl (C=O) groups excluding carboxylic acids is 2. The summed E-state index contributed by atoms with van der Waals surface area (Å²) in [7, 11) is 0. The van der Waals surface area contributed by atoms with Crippen molar-refractivity contribution in [2.45, 2.75) is 33.1 Å². The van der Waals surface area contributed by atoms with Gasteiger partial charge in [-0.1, -0.05) is 26.8 Å². The SMILES string of the molecule is CCOC(=O)c1csc(/N=C/c2cc(/C=C/C(=O)c3ccco3)cc(C(C)(C)C)c2O)n1. The molecule has 2 aromatic heterocycles. The Morgan fingerprint density at radius 1 is 1.31 bits per heavy atom. The predicted octanol–water partition coefficient (Wildman–Crippen LogP) is 5.56. The number of nitrogens with zero attached hydrogens (tertiary/aromatic N) is 2. The van der Waals surface area contributed by atoms with Gasteiger partial charge in [0.15, 0.2) is 11.5 Å². The number of allylic oxidation sites excluding steroid dienone is 1. The van der Waals surface area contributed by atoms with Crippen molar-refractivity contribution in [1.82, 2.24) is 4.98 Å². The Hall–Kier alpha value is -3.52. The molecule has 0 aliphatic rings. The molecule has 8 heteroatoms. The van der Waals surface area contributed by atoms with Gasteiger partial charge in [-0.2, -0.15) is 0 Å². The monoisotopic (exact) mass is 452 g/mol. The maximum atomic E-state index is 12.2. The fraction of sp³-hybridized carbons (Fsp3) is 0.250. The van der Waals surface area contributed by atoms with Crippen LogP contribution in [0.1, 0.15) is 65.4 Å². The zero-order chi connectivity index (χ0) is 23.3. The number of ether oxygens (including phenoxy) is 1. The van der Waals surface area contributed by atoms with Gasteiger partial charge in [-0.3, -0.25) is 4.79 Å². The van der Waals surface area contributed by atoms with Gasteiger partial charge in [-0.25, -0.2) is 14.8 Å². The minimum atomic E-state index is -0.503. The van der Waals surface area contributed by atoms with E-state index >= 15 is 0 Å². The van der Waals surface area contributed by atoms with Crippen LogP contribution < -0.4 is 0 Å². The minimum absolute atomic E-state index is 0.0953. The number of aliphatic imine (C=N–C) groups is 1. The van der Waals surface area contributed by atoms with Crippen LogP contribution in [0.2, 0.25) is 0 Å². The second kappa shape index (κ2) is 9.74. The van der Waals surface area contributed by atoms with Crippen molar-refractivity contribution in [2.75, 3.05) is 6.61 Å². The maximum Gasteiger partial charge on any atom is 0.357 e. The zero-order valence-corrected chi connectivity index (χ0v) is 19.1. The van der Waals surface area contributed by atoms with Crippen molar-refractivity contribution in [1.29, 1.82) is 0 Å². The van der Waals surface area contributed by atoms with E-state index in [1.54, 1.807) is 36.6 Å². The van der Waals surface area contributed by atoms with E-state index in [1.165, 1.54) is 29.9 Å². The Balaban J connectivity index is 1.92. The van der Waals surface area contributed by atoms with E-state index < -0.39 is 5.97 Å². The molecule has 166 valence electrons. The van der Waals surface area contributed by atoms with Crippen molar-refractivity contribution >= 4 is 40.5 Å². The molecule has 0 amide bonds. The molecule has 2 heterocycles. The van der Waals surface area contributed by atoms with Gasteiger partial charge < -0.3 is 14.3 Å². The van der Waals surface area contributed by atoms with Crippen LogP contribution in [-0.2, 0) is 10.2 Å². The molecule has 0 aliphatic carbocycles. The first-order chi connectivity index (χ1) is 15.2. The average molecular weight is 453 g/mol. The van der Waals surface area contributed by atoms with E-state index in [4.69, 9.17) is 9.15 Å². The standard InChI is InChI=1S/C24H24N2O5S/c1-5-30-22(29)18-14-32-23(26-18)25-13-16-11-15(12-17(21(16)28)24(2,3)4)8-9-19(27)20-7-6-10-31-20/h6-14,28H,5H2,1-4H3/b9-8+,25-13+. The van der Waals surface area contributed by atoms with Crippen molar-refractivity contribution in [3.8, 4) is 5.75 Å². The second-order valence-corrected chi connectivity index (χ2v) is 8.76. The lowest BCUT2D eigenvalue weighted by atomic mass is 9.84. The number of rotatable bonds is 7. The smallest absolute Gasteiger partial charge is 0.357 e. The Bertz CT molecular complexity index is 1170. The number of phenolic OH excluding ortho intramolecular Hbond substituents is 1. The van der Waals surface area contributed by atoms with Gasteiger partial charge in [0.25, 0.3) is 0 Å². The molecule has 0 saturated heterocycles. The molecule has 0 saturated carbocycles. The molecule has 0 radical (unpaired) electrons. The summed E-state index contributed by atoms with van der Waals surface area (Å²) in [5.74, 6) is -0.418. The largest absolute Gasteiger partial charge is 0.507 e. The van der Waals surface area contributed by atoms with Crippen LogP contribution in [0.4, 0.5) is 5.13 Å². The molecule has 0 atom stereocenters. The number of hydrogen-bond donors (Lipinski definition) is 1. The molecule has 0 unspecified atom stereocenters. The summed E-state index contributed by atoms with van der Waals surface area (Å²) in [5.41, 5.74) is 1.74. The number of esters is 1. The molecule has 0 spiro atoms. The van der Waals surface area contributed by atoms with Crippen LogP contribution >= 0.6 is 11.3 Å². The Kier molecular flexibility index (Phi) is 7.05. The topological polar surface area (TPSA) is 102 Å². The Labute approximate surface area is 190 Å². The van der Waals surface area contributed by atoms with Crippen LogP contribution in [0.25, 0.3) is 6.08 Å². The van der Waals surface area contributed by atoms with E-state index in [-0.39, 0.29) is 35.0 Å². The van der Waals surface area contributed by atoms with Crippen LogP contribution in [0, 0.1) is 0 Å². The second-order valence-electron chi connectivity index (χ2n) is 7.93. The van der Waals surface area contributed by atoms with Gasteiger partial charge in [-0.05, 0) is 48.2 Å². The van der Waals surface area contributed by atoms with Crippen molar-refractivity contribution in [3.05, 3.63) is 70.1 Å². The lowest BCUT2D eigenvalue weighted by Crippen LogP contribution is -2.12. The summed E-state index contributed by atoms with van der Waals surface area (Å²) in [6.07, 6.45) is 6.02. The molecule has 1 aromatic carbocycles. The van der Waals surface area contributed by atoms with E-state index in [9.17, 15) is 14.7 Å². The average Bonchev–Trinajstić information content (AvgIpc) is 3.43. The highest BCUT2D eigenvalue weighted by Crippen LogP contribution is 2.34. The minimum Gasteiger partial charge on any atom is -0.507 e. The van der Waals surface area contributed by atoms with Crippen LogP contribution in [0.3, 0.4) is 0 Å². The van der Waals surface area contributed by atoms with Gasteiger partial charge in [0.2, 0.25) is 10.9 Å². The van der Waals surface area contributed by atoms with Gasteiger partial charge in [0.1, 0.15) is 5.75 Å². The van der Waals surface area contributed by atoms with E-state index in [0.717, 1.165) is 5.56 Å². The lowest BCUT2D eigenvalue weighted by Gasteiger charge is -2.22. The first-order valence-electron chi connectivity index (χ1n) is 9.99. The first kappa shape index (κ1) is 23.1. The number of furan rings is 1. The van der Waals surface area contributed by atoms with E-state index in [0.29, 0.717) is 16.3 Å². The normalized spacial score (nSPS) is 12.0. The van der Waals surface area contributed by atoms with Gasteiger partial charge >= 0.3 is 5.97 Å². The lowest BCUT2D eigenvalue weighted by molar-refractivity contribution is 0.0520. The van der Waals surface area contributed by atoms with E-state index in [2.05, 4.69) is 9.98 Å². The first-order valence-corrected chi connectivity index (χ1v) is 10.9. The molecular weight excluding hydrogens is 428 g/mol. The molecular formula is C24H24N2O5S. The summed E-state index contributed by atoms with van der Waals surface area (Å²) >= 11 is 1.19. The highest BCUT2D eigenvalue weighted by atomic mass is 32.1. The van der Waals surface area contributed by atoms with Gasteiger partial charge in [0.05, 0.1) is 12.9 Å². The van der Waals surface area contributed by atoms with Crippen LogP contribution in [0.15, 0.2) is 51.4 Å². The summed E-state index contributed by atoms with van der Waals surface area (Å²) in [6.45, 7) is 7.94. The van der Waals surface area contributed by atoms with Crippen LogP contribution in [-0.4, -0.2) is 34.7 Å². The number of benzene rings is 1. The zero-order valence-electron chi connectivity index (χ0n) is 18.3. The highest BCUT2D eigenvalue weighted by Gasteiger charge is 2.21. The number of thiazole rings is 1. The predicted molar refractivity (Wildman–Crippen MR) is 124 cm³/mol. The van der Waals surface area contributed by atoms with Crippen LogP contribution in [0.5, 0.6) is 5.75 Å². The number of aromatic hydroxyl groups is 1. The summed E-state index contributed by atoms with van der Waals surface area (Å²) < 4.78 is 10.1. The summed E-state index contributed by atoms with van der Waals surface area (Å²) in [4.78, 5) is 32.5. The third kappa shape index (κ3) is 5.59. The maximum absolute atomic E-state index is 12.2. The molecule has 0 aliphatic heterocycles. The Morgan fingerprint density at radius 3 is 2.75 bits per heavy atom. The summed E-state index contributed by atoms with van der Waals surface area (Å²) in [5, 5.41) is 12.8. The number of phenols is 1. The number of ketones is 1. The molecule has 0 fully saturated rings. The van der Waals surface area contributed by atoms with Gasteiger partial charge in [0, 0.05) is 22.7 Å².